The van der Waals surface area contributed by atoms with Gasteiger partial charge in [-0.1, -0.05) is 0 Å². The summed E-state index contributed by atoms with van der Waals surface area (Å²) in [7, 11) is 4.48. The molecule has 1 aliphatic heterocycles. The van der Waals surface area contributed by atoms with Gasteiger partial charge in [0.05, 0.1) is 12.6 Å². The Bertz CT molecular complexity index is 631. The Kier molecular flexibility index (Phi) is 4.08. The molecule has 110 valence electrons. The van der Waals surface area contributed by atoms with Gasteiger partial charge in [0.15, 0.2) is 0 Å². The molecule has 0 N–H and O–H groups in total. The summed E-state index contributed by atoms with van der Waals surface area (Å²) in [6.45, 7) is 1.08. The van der Waals surface area contributed by atoms with Gasteiger partial charge in [-0.3, -0.25) is 18.7 Å². The van der Waals surface area contributed by atoms with Crippen molar-refractivity contribution in [3.05, 3.63) is 32.6 Å². The second kappa shape index (κ2) is 5.62. The molecule has 0 bridgehead atoms. The Morgan fingerprint density at radius 3 is 2.70 bits per heavy atom. The summed E-state index contributed by atoms with van der Waals surface area (Å²) in [5, 5.41) is 0. The van der Waals surface area contributed by atoms with Crippen molar-refractivity contribution < 1.29 is 9.53 Å². The zero-order chi connectivity index (χ0) is 14.9. The predicted molar refractivity (Wildman–Crippen MR) is 72.9 cm³/mol. The van der Waals surface area contributed by atoms with Crippen LogP contribution >= 0.6 is 0 Å². The highest BCUT2D eigenvalue weighted by Crippen LogP contribution is 2.19. The number of aromatic nitrogens is 2. The summed E-state index contributed by atoms with van der Waals surface area (Å²) in [4.78, 5) is 37.8. The van der Waals surface area contributed by atoms with E-state index >= 15 is 0 Å². The maximum Gasteiger partial charge on any atom is 0.331 e. The Morgan fingerprint density at radius 1 is 1.35 bits per heavy atom. The van der Waals surface area contributed by atoms with Crippen LogP contribution in [0.3, 0.4) is 0 Å². The number of methoxy groups -OCH3 is 1. The van der Waals surface area contributed by atoms with Gasteiger partial charge in [0.2, 0.25) is 0 Å². The van der Waals surface area contributed by atoms with Crippen LogP contribution in [0.4, 0.5) is 0 Å². The maximum atomic E-state index is 12.5. The number of likely N-dealkylation sites (tertiary alicyclic amines) is 1. The zero-order valence-corrected chi connectivity index (χ0v) is 12.0. The fourth-order valence-corrected chi connectivity index (χ4v) is 2.55. The molecular formula is C13H19N3O4. The Balaban J connectivity index is 2.39. The molecule has 1 aliphatic rings. The highest BCUT2D eigenvalue weighted by atomic mass is 16.5. The molecule has 1 aromatic rings. The minimum Gasteiger partial charge on any atom is -0.383 e. The molecule has 0 radical (unpaired) electrons. The van der Waals surface area contributed by atoms with E-state index in [1.54, 1.807) is 12.0 Å². The summed E-state index contributed by atoms with van der Waals surface area (Å²) in [5.41, 5.74) is -0.844. The zero-order valence-electron chi connectivity index (χ0n) is 12.0. The molecule has 1 aromatic heterocycles. The van der Waals surface area contributed by atoms with Crippen molar-refractivity contribution in [1.29, 1.82) is 0 Å². The molecule has 0 aliphatic carbocycles. The van der Waals surface area contributed by atoms with Crippen molar-refractivity contribution in [3.63, 3.8) is 0 Å². The number of carbonyl (C=O) groups is 1. The molecule has 0 aromatic carbocycles. The van der Waals surface area contributed by atoms with E-state index in [1.807, 2.05) is 0 Å². The molecule has 2 rings (SSSR count). The number of ether oxygens (including phenoxy) is 1. The van der Waals surface area contributed by atoms with Crippen LogP contribution in [0, 0.1) is 0 Å². The molecule has 1 unspecified atom stereocenters. The standard InChI is InChI=1S/C13H19N3O4/c1-14-10(7-11(17)15(2)13(14)19)12(18)16-6-4-5-9(16)8-20-3/h7,9H,4-6,8H2,1-3H3. The highest BCUT2D eigenvalue weighted by molar-refractivity contribution is 5.92. The molecule has 7 nitrogen and oxygen atoms in total. The van der Waals surface area contributed by atoms with Gasteiger partial charge in [-0.05, 0) is 12.8 Å². The first-order chi connectivity index (χ1) is 9.47. The lowest BCUT2D eigenvalue weighted by Crippen LogP contribution is -2.44. The average molecular weight is 281 g/mol. The van der Waals surface area contributed by atoms with Gasteiger partial charge in [-0.15, -0.1) is 0 Å². The van der Waals surface area contributed by atoms with Gasteiger partial charge >= 0.3 is 5.69 Å². The molecule has 0 saturated carbocycles. The van der Waals surface area contributed by atoms with E-state index in [0.717, 1.165) is 17.4 Å². The Morgan fingerprint density at radius 2 is 2.05 bits per heavy atom. The quantitative estimate of drug-likeness (QED) is 0.737. The lowest BCUT2D eigenvalue weighted by atomic mass is 10.2. The summed E-state index contributed by atoms with van der Waals surface area (Å²) in [5.74, 6) is -0.290. The first-order valence-corrected chi connectivity index (χ1v) is 6.54. The van der Waals surface area contributed by atoms with Gasteiger partial charge in [0.25, 0.3) is 11.5 Å². The van der Waals surface area contributed by atoms with Gasteiger partial charge in [0, 0.05) is 33.8 Å². The minimum absolute atomic E-state index is 0.00617. The lowest BCUT2D eigenvalue weighted by molar-refractivity contribution is 0.0619. The minimum atomic E-state index is -0.497. The molecule has 1 fully saturated rings. The second-order valence-electron chi connectivity index (χ2n) is 5.02. The van der Waals surface area contributed by atoms with Crippen LogP contribution < -0.4 is 11.2 Å². The number of hydrogen-bond donors (Lipinski definition) is 0. The van der Waals surface area contributed by atoms with Crippen LogP contribution in [0.2, 0.25) is 0 Å². The van der Waals surface area contributed by atoms with E-state index in [1.165, 1.54) is 24.7 Å². The molecule has 1 atom stereocenters. The smallest absolute Gasteiger partial charge is 0.331 e. The second-order valence-corrected chi connectivity index (χ2v) is 5.02. The molecular weight excluding hydrogens is 262 g/mol. The number of nitrogens with zero attached hydrogens (tertiary/aromatic N) is 3. The first-order valence-electron chi connectivity index (χ1n) is 6.54. The highest BCUT2D eigenvalue weighted by Gasteiger charge is 2.30. The third-order valence-electron chi connectivity index (χ3n) is 3.74. The van der Waals surface area contributed by atoms with Crippen LogP contribution in [0.1, 0.15) is 23.3 Å². The number of carbonyl (C=O) groups excluding carboxylic acids is 1. The maximum absolute atomic E-state index is 12.5. The number of hydrogen-bond acceptors (Lipinski definition) is 4. The van der Waals surface area contributed by atoms with E-state index in [-0.39, 0.29) is 17.6 Å². The molecule has 2 heterocycles. The Hall–Kier alpha value is -1.89. The Labute approximate surface area is 116 Å². The van der Waals surface area contributed by atoms with Crippen molar-refractivity contribution in [1.82, 2.24) is 14.0 Å². The van der Waals surface area contributed by atoms with Crippen LogP contribution in [0.25, 0.3) is 0 Å². The van der Waals surface area contributed by atoms with E-state index in [9.17, 15) is 14.4 Å². The summed E-state index contributed by atoms with van der Waals surface area (Å²) >= 11 is 0. The third-order valence-corrected chi connectivity index (χ3v) is 3.74. The normalized spacial score (nSPS) is 18.6. The van der Waals surface area contributed by atoms with Gasteiger partial charge in [-0.2, -0.15) is 0 Å². The summed E-state index contributed by atoms with van der Waals surface area (Å²) < 4.78 is 7.30. The van der Waals surface area contributed by atoms with Gasteiger partial charge in [-0.25, -0.2) is 4.79 Å². The van der Waals surface area contributed by atoms with Crippen LogP contribution in [-0.2, 0) is 18.8 Å². The van der Waals surface area contributed by atoms with Crippen molar-refractivity contribution >= 4 is 5.91 Å². The average Bonchev–Trinajstić information content (AvgIpc) is 2.88. The summed E-state index contributed by atoms with van der Waals surface area (Å²) in [6.07, 6.45) is 1.77. The van der Waals surface area contributed by atoms with Crippen LogP contribution in [-0.4, -0.2) is 46.2 Å². The molecule has 1 amide bonds. The van der Waals surface area contributed by atoms with Crippen molar-refractivity contribution in [2.45, 2.75) is 18.9 Å². The fourth-order valence-electron chi connectivity index (χ4n) is 2.55. The first kappa shape index (κ1) is 14.5. The van der Waals surface area contributed by atoms with Crippen LogP contribution in [0.5, 0.6) is 0 Å². The van der Waals surface area contributed by atoms with Crippen molar-refractivity contribution in [2.24, 2.45) is 14.1 Å². The molecule has 7 heteroatoms. The number of rotatable bonds is 3. The SMILES string of the molecule is COCC1CCCN1C(=O)c1cc(=O)n(C)c(=O)n1C. The summed E-state index contributed by atoms with van der Waals surface area (Å²) in [6, 6.07) is 1.22. The van der Waals surface area contributed by atoms with E-state index in [2.05, 4.69) is 0 Å². The largest absolute Gasteiger partial charge is 0.383 e. The van der Waals surface area contributed by atoms with E-state index < -0.39 is 11.2 Å². The van der Waals surface area contributed by atoms with Crippen molar-refractivity contribution in [2.75, 3.05) is 20.3 Å². The van der Waals surface area contributed by atoms with E-state index in [4.69, 9.17) is 4.74 Å². The third kappa shape index (κ3) is 2.40. The van der Waals surface area contributed by atoms with Gasteiger partial charge in [0.1, 0.15) is 5.69 Å². The lowest BCUT2D eigenvalue weighted by Gasteiger charge is -2.24. The van der Waals surface area contributed by atoms with Crippen molar-refractivity contribution in [3.8, 4) is 0 Å². The van der Waals surface area contributed by atoms with Gasteiger partial charge < -0.3 is 9.64 Å². The molecule has 1 saturated heterocycles. The van der Waals surface area contributed by atoms with Crippen LogP contribution in [0.15, 0.2) is 15.7 Å². The monoisotopic (exact) mass is 281 g/mol. The van der Waals surface area contributed by atoms with E-state index in [0.29, 0.717) is 13.2 Å². The topological polar surface area (TPSA) is 73.5 Å². The molecule has 20 heavy (non-hydrogen) atoms. The molecule has 0 spiro atoms. The number of amides is 1. The predicted octanol–water partition coefficient (Wildman–Crippen LogP) is -0.665. The fraction of sp³-hybridized carbons (Fsp3) is 0.615.